The standard InChI is InChI=1S/C21H24O2/c1-3-16(2)8-9-17-10-12-18(13-11-17)14-15-19-6-4-5-7-20(19)21(22)23/h4-7,10-16H,3,8-9H2,1-2H3,(H,22,23)/b15-14+. The van der Waals surface area contributed by atoms with Crippen LogP contribution >= 0.6 is 0 Å². The van der Waals surface area contributed by atoms with Gasteiger partial charge in [-0.3, -0.25) is 0 Å². The maximum absolute atomic E-state index is 11.2. The van der Waals surface area contributed by atoms with Gasteiger partial charge in [-0.05, 0) is 41.5 Å². The molecule has 0 aliphatic carbocycles. The molecule has 0 aliphatic heterocycles. The third-order valence-corrected chi connectivity index (χ3v) is 4.25. The van der Waals surface area contributed by atoms with Crippen LogP contribution in [0.4, 0.5) is 0 Å². The van der Waals surface area contributed by atoms with E-state index >= 15 is 0 Å². The summed E-state index contributed by atoms with van der Waals surface area (Å²) in [6.45, 7) is 4.52. The lowest BCUT2D eigenvalue weighted by molar-refractivity contribution is 0.0696. The van der Waals surface area contributed by atoms with Crippen LogP contribution in [0.5, 0.6) is 0 Å². The van der Waals surface area contributed by atoms with Crippen LogP contribution in [-0.2, 0) is 6.42 Å². The molecule has 0 aromatic heterocycles. The number of carboxylic acid groups (broad SMARTS) is 1. The highest BCUT2D eigenvalue weighted by molar-refractivity contribution is 5.93. The van der Waals surface area contributed by atoms with Gasteiger partial charge in [0, 0.05) is 0 Å². The Kier molecular flexibility index (Phi) is 6.16. The number of aryl methyl sites for hydroxylation is 1. The highest BCUT2D eigenvalue weighted by Crippen LogP contribution is 2.16. The van der Waals surface area contributed by atoms with Gasteiger partial charge in [0.05, 0.1) is 5.56 Å². The molecule has 2 aromatic carbocycles. The third kappa shape index (κ3) is 5.10. The second-order valence-electron chi connectivity index (χ2n) is 6.02. The number of benzene rings is 2. The first-order chi connectivity index (χ1) is 11.1. The van der Waals surface area contributed by atoms with Gasteiger partial charge in [0.1, 0.15) is 0 Å². The fourth-order valence-electron chi connectivity index (χ4n) is 2.44. The first-order valence-electron chi connectivity index (χ1n) is 8.19. The summed E-state index contributed by atoms with van der Waals surface area (Å²) < 4.78 is 0. The topological polar surface area (TPSA) is 37.3 Å². The van der Waals surface area contributed by atoms with E-state index in [0.717, 1.165) is 23.5 Å². The van der Waals surface area contributed by atoms with Crippen molar-refractivity contribution in [3.63, 3.8) is 0 Å². The summed E-state index contributed by atoms with van der Waals surface area (Å²) in [7, 11) is 0. The second kappa shape index (κ2) is 8.33. The van der Waals surface area contributed by atoms with E-state index in [9.17, 15) is 9.90 Å². The van der Waals surface area contributed by atoms with E-state index in [4.69, 9.17) is 0 Å². The van der Waals surface area contributed by atoms with E-state index in [-0.39, 0.29) is 0 Å². The number of hydrogen-bond donors (Lipinski definition) is 1. The van der Waals surface area contributed by atoms with E-state index in [1.54, 1.807) is 12.1 Å². The molecule has 0 fully saturated rings. The molecular formula is C21H24O2. The second-order valence-corrected chi connectivity index (χ2v) is 6.02. The molecule has 120 valence electrons. The van der Waals surface area contributed by atoms with E-state index in [0.29, 0.717) is 5.56 Å². The maximum Gasteiger partial charge on any atom is 0.336 e. The molecule has 1 N–H and O–H groups in total. The summed E-state index contributed by atoms with van der Waals surface area (Å²) in [5, 5.41) is 9.19. The molecule has 0 radical (unpaired) electrons. The quantitative estimate of drug-likeness (QED) is 0.682. The van der Waals surface area contributed by atoms with Gasteiger partial charge in [0.25, 0.3) is 0 Å². The zero-order valence-corrected chi connectivity index (χ0v) is 13.8. The Morgan fingerprint density at radius 2 is 1.78 bits per heavy atom. The van der Waals surface area contributed by atoms with Crippen LogP contribution in [0.2, 0.25) is 0 Å². The molecule has 0 spiro atoms. The minimum Gasteiger partial charge on any atom is -0.478 e. The summed E-state index contributed by atoms with van der Waals surface area (Å²) in [6, 6.07) is 15.5. The van der Waals surface area contributed by atoms with E-state index < -0.39 is 5.97 Å². The van der Waals surface area contributed by atoms with Crippen LogP contribution in [0.3, 0.4) is 0 Å². The van der Waals surface area contributed by atoms with Gasteiger partial charge in [-0.2, -0.15) is 0 Å². The zero-order chi connectivity index (χ0) is 16.7. The van der Waals surface area contributed by atoms with Gasteiger partial charge in [0.15, 0.2) is 0 Å². The predicted octanol–water partition coefficient (Wildman–Crippen LogP) is 5.53. The SMILES string of the molecule is CCC(C)CCc1ccc(/C=C/c2ccccc2C(=O)O)cc1. The van der Waals surface area contributed by atoms with Crippen molar-refractivity contribution in [2.24, 2.45) is 5.92 Å². The molecule has 0 amide bonds. The van der Waals surface area contributed by atoms with Crippen LogP contribution in [0.25, 0.3) is 12.2 Å². The normalized spacial score (nSPS) is 12.4. The van der Waals surface area contributed by atoms with Crippen molar-refractivity contribution in [1.82, 2.24) is 0 Å². The maximum atomic E-state index is 11.2. The lowest BCUT2D eigenvalue weighted by Crippen LogP contribution is -1.98. The van der Waals surface area contributed by atoms with Crippen LogP contribution in [0, 0.1) is 5.92 Å². The minimum absolute atomic E-state index is 0.328. The predicted molar refractivity (Wildman–Crippen MR) is 96.5 cm³/mol. The third-order valence-electron chi connectivity index (χ3n) is 4.25. The van der Waals surface area contributed by atoms with Crippen molar-refractivity contribution in [3.8, 4) is 0 Å². The van der Waals surface area contributed by atoms with Gasteiger partial charge >= 0.3 is 5.97 Å². The molecule has 0 aliphatic rings. The summed E-state index contributed by atoms with van der Waals surface area (Å²) >= 11 is 0. The summed E-state index contributed by atoms with van der Waals surface area (Å²) in [6.07, 6.45) is 7.38. The van der Waals surface area contributed by atoms with Crippen LogP contribution in [-0.4, -0.2) is 11.1 Å². The molecule has 0 saturated heterocycles. The van der Waals surface area contributed by atoms with Gasteiger partial charge in [0.2, 0.25) is 0 Å². The number of carbonyl (C=O) groups is 1. The van der Waals surface area contributed by atoms with Crippen molar-refractivity contribution < 1.29 is 9.90 Å². The smallest absolute Gasteiger partial charge is 0.336 e. The molecule has 0 saturated carbocycles. The fraction of sp³-hybridized carbons (Fsp3) is 0.286. The van der Waals surface area contributed by atoms with Crippen molar-refractivity contribution in [2.75, 3.05) is 0 Å². The summed E-state index contributed by atoms with van der Waals surface area (Å²) in [5.41, 5.74) is 3.49. The molecule has 0 bridgehead atoms. The number of aromatic carboxylic acids is 1. The first kappa shape index (κ1) is 17.0. The zero-order valence-electron chi connectivity index (χ0n) is 13.8. The van der Waals surface area contributed by atoms with Gasteiger partial charge < -0.3 is 5.11 Å². The Hall–Kier alpha value is -2.35. The van der Waals surface area contributed by atoms with E-state index in [2.05, 4.69) is 38.1 Å². The van der Waals surface area contributed by atoms with Crippen LogP contribution < -0.4 is 0 Å². The molecule has 23 heavy (non-hydrogen) atoms. The molecule has 0 heterocycles. The number of rotatable bonds is 7. The largest absolute Gasteiger partial charge is 0.478 e. The van der Waals surface area contributed by atoms with Gasteiger partial charge in [-0.1, -0.05) is 74.9 Å². The average Bonchev–Trinajstić information content (AvgIpc) is 2.58. The van der Waals surface area contributed by atoms with Crippen LogP contribution in [0.15, 0.2) is 48.5 Å². The monoisotopic (exact) mass is 308 g/mol. The van der Waals surface area contributed by atoms with Crippen LogP contribution in [0.1, 0.15) is 53.7 Å². The molecule has 2 aromatic rings. The van der Waals surface area contributed by atoms with E-state index in [1.165, 1.54) is 18.4 Å². The van der Waals surface area contributed by atoms with Crippen molar-refractivity contribution in [3.05, 3.63) is 70.8 Å². The lowest BCUT2D eigenvalue weighted by atomic mass is 9.98. The molecule has 1 unspecified atom stereocenters. The Morgan fingerprint density at radius 3 is 2.43 bits per heavy atom. The summed E-state index contributed by atoms with van der Waals surface area (Å²) in [4.78, 5) is 11.2. The average molecular weight is 308 g/mol. The highest BCUT2D eigenvalue weighted by Gasteiger charge is 2.05. The number of hydrogen-bond acceptors (Lipinski definition) is 1. The van der Waals surface area contributed by atoms with Crippen molar-refractivity contribution in [1.29, 1.82) is 0 Å². The Morgan fingerprint density at radius 1 is 1.09 bits per heavy atom. The first-order valence-corrected chi connectivity index (χ1v) is 8.19. The molecule has 2 heteroatoms. The Balaban J connectivity index is 2.05. The Labute approximate surface area is 138 Å². The van der Waals surface area contributed by atoms with Gasteiger partial charge in [-0.15, -0.1) is 0 Å². The minimum atomic E-state index is -0.898. The van der Waals surface area contributed by atoms with Crippen molar-refractivity contribution in [2.45, 2.75) is 33.1 Å². The summed E-state index contributed by atoms with van der Waals surface area (Å²) in [5.74, 6) is -0.132. The molecular weight excluding hydrogens is 284 g/mol. The van der Waals surface area contributed by atoms with Crippen molar-refractivity contribution >= 4 is 18.1 Å². The number of carboxylic acids is 1. The molecule has 1 atom stereocenters. The Bertz CT molecular complexity index is 668. The highest BCUT2D eigenvalue weighted by atomic mass is 16.4. The van der Waals surface area contributed by atoms with Gasteiger partial charge in [-0.25, -0.2) is 4.79 Å². The fourth-order valence-corrected chi connectivity index (χ4v) is 2.44. The lowest BCUT2D eigenvalue weighted by Gasteiger charge is -2.08. The molecule has 2 rings (SSSR count). The van der Waals surface area contributed by atoms with E-state index in [1.807, 2.05) is 24.3 Å². The molecule has 2 nitrogen and oxygen atoms in total.